The molecule has 18 heavy (non-hydrogen) atoms. The molecule has 0 aliphatic rings. The number of rotatable bonds is 3. The second-order valence-corrected chi connectivity index (χ2v) is 4.96. The highest BCUT2D eigenvalue weighted by atomic mass is 19.2. The molecule has 0 aromatic carbocycles. The number of aliphatic hydroxyl groups excluding tert-OH is 1. The summed E-state index contributed by atoms with van der Waals surface area (Å²) in [7, 11) is 0. The van der Waals surface area contributed by atoms with Crippen molar-refractivity contribution in [2.24, 2.45) is 5.41 Å². The van der Waals surface area contributed by atoms with Crippen LogP contribution >= 0.6 is 0 Å². The van der Waals surface area contributed by atoms with E-state index in [1.807, 2.05) is 0 Å². The molecule has 0 saturated heterocycles. The van der Waals surface area contributed by atoms with Crippen molar-refractivity contribution in [2.45, 2.75) is 26.9 Å². The summed E-state index contributed by atoms with van der Waals surface area (Å²) in [5, 5.41) is 11.8. The predicted molar refractivity (Wildman–Crippen MR) is 58.0 cm³/mol. The Hall–Kier alpha value is -1.37. The van der Waals surface area contributed by atoms with Crippen LogP contribution in [0, 0.1) is 28.9 Å². The molecule has 1 heterocycles. The van der Waals surface area contributed by atoms with Crippen molar-refractivity contribution in [2.75, 3.05) is 11.9 Å². The zero-order valence-electron chi connectivity index (χ0n) is 10.2. The fraction of sp³-hybridized carbons (Fsp3) is 0.545. The molecule has 1 rings (SSSR count). The second kappa shape index (κ2) is 5.09. The van der Waals surface area contributed by atoms with Crippen molar-refractivity contribution in [1.82, 2.24) is 4.98 Å². The van der Waals surface area contributed by atoms with Gasteiger partial charge >= 0.3 is 0 Å². The van der Waals surface area contributed by atoms with Crippen molar-refractivity contribution in [3.05, 3.63) is 23.5 Å². The molecule has 0 bridgehead atoms. The van der Waals surface area contributed by atoms with E-state index in [0.29, 0.717) is 0 Å². The highest BCUT2D eigenvalue weighted by Gasteiger charge is 2.25. The summed E-state index contributed by atoms with van der Waals surface area (Å²) in [6.07, 6.45) is -0.949. The lowest BCUT2D eigenvalue weighted by Gasteiger charge is -2.26. The molecule has 1 aromatic rings. The zero-order valence-corrected chi connectivity index (χ0v) is 10.2. The summed E-state index contributed by atoms with van der Waals surface area (Å²) in [6.45, 7) is 4.87. The lowest BCUT2D eigenvalue weighted by atomic mass is 9.89. The van der Waals surface area contributed by atoms with Crippen LogP contribution in [0.25, 0.3) is 0 Å². The maximum absolute atomic E-state index is 13.2. The van der Waals surface area contributed by atoms with Crippen molar-refractivity contribution >= 4 is 5.69 Å². The number of aliphatic hydroxyl groups is 1. The highest BCUT2D eigenvalue weighted by Crippen LogP contribution is 2.24. The van der Waals surface area contributed by atoms with Gasteiger partial charge in [0.2, 0.25) is 11.6 Å². The number of anilines is 1. The van der Waals surface area contributed by atoms with Gasteiger partial charge in [0.1, 0.15) is 5.69 Å². The fourth-order valence-corrected chi connectivity index (χ4v) is 1.15. The maximum Gasteiger partial charge on any atom is 0.253 e. The number of nitrogens with zero attached hydrogens (tertiary/aromatic N) is 1. The number of nitrogens with one attached hydrogen (secondary N) is 1. The predicted octanol–water partition coefficient (Wildman–Crippen LogP) is 2.46. The van der Waals surface area contributed by atoms with Crippen molar-refractivity contribution in [3.63, 3.8) is 0 Å². The van der Waals surface area contributed by atoms with Gasteiger partial charge in [-0.05, 0) is 5.41 Å². The van der Waals surface area contributed by atoms with Crippen molar-refractivity contribution in [1.29, 1.82) is 0 Å². The van der Waals surface area contributed by atoms with Gasteiger partial charge in [0.05, 0.1) is 6.10 Å². The molecule has 0 radical (unpaired) electrons. The summed E-state index contributed by atoms with van der Waals surface area (Å²) < 4.78 is 52.0. The molecular formula is C11H14F4N2O. The topological polar surface area (TPSA) is 45.1 Å². The number of pyridine rings is 1. The molecule has 0 aliphatic carbocycles. The van der Waals surface area contributed by atoms with Gasteiger partial charge in [-0.2, -0.15) is 22.5 Å². The van der Waals surface area contributed by atoms with E-state index in [2.05, 4.69) is 10.3 Å². The smallest absolute Gasteiger partial charge is 0.253 e. The van der Waals surface area contributed by atoms with Crippen LogP contribution in [-0.4, -0.2) is 22.7 Å². The van der Waals surface area contributed by atoms with E-state index >= 15 is 0 Å². The molecule has 0 saturated carbocycles. The molecule has 2 N–H and O–H groups in total. The Morgan fingerprint density at radius 2 is 1.56 bits per heavy atom. The molecule has 0 aliphatic heterocycles. The van der Waals surface area contributed by atoms with Gasteiger partial charge in [-0.1, -0.05) is 20.8 Å². The van der Waals surface area contributed by atoms with Crippen LogP contribution in [-0.2, 0) is 0 Å². The molecule has 7 heteroatoms. The van der Waals surface area contributed by atoms with Crippen LogP contribution in [0.3, 0.4) is 0 Å². The Bertz CT molecular complexity index is 419. The van der Waals surface area contributed by atoms with E-state index in [0.717, 1.165) is 0 Å². The van der Waals surface area contributed by atoms with Crippen LogP contribution in [0.15, 0.2) is 0 Å². The third-order valence-corrected chi connectivity index (χ3v) is 2.47. The van der Waals surface area contributed by atoms with Crippen LogP contribution in [0.4, 0.5) is 23.2 Å². The standard InChI is InChI=1S/C11H14F4N2O/c1-11(2,3)5(18)4-16-8-6(12)9(14)17-10(15)7(8)13/h5,18H,4H2,1-3H3,(H,16,17). The maximum atomic E-state index is 13.2. The van der Waals surface area contributed by atoms with E-state index in [4.69, 9.17) is 0 Å². The summed E-state index contributed by atoms with van der Waals surface area (Å²) >= 11 is 0. The Labute approximate surface area is 102 Å². The Balaban J connectivity index is 2.92. The molecule has 1 atom stereocenters. The van der Waals surface area contributed by atoms with E-state index in [1.165, 1.54) is 0 Å². The number of aromatic nitrogens is 1. The Morgan fingerprint density at radius 3 is 1.94 bits per heavy atom. The SMILES string of the molecule is CC(C)(C)C(O)CNc1c(F)c(F)nc(F)c1F. The third-order valence-electron chi connectivity index (χ3n) is 2.47. The number of hydrogen-bond acceptors (Lipinski definition) is 3. The van der Waals surface area contributed by atoms with Gasteiger partial charge in [0, 0.05) is 6.54 Å². The largest absolute Gasteiger partial charge is 0.391 e. The minimum atomic E-state index is -1.73. The average molecular weight is 266 g/mol. The third kappa shape index (κ3) is 3.10. The molecular weight excluding hydrogens is 252 g/mol. The van der Waals surface area contributed by atoms with E-state index < -0.39 is 40.7 Å². The first-order valence-corrected chi connectivity index (χ1v) is 5.26. The van der Waals surface area contributed by atoms with Crippen LogP contribution in [0.2, 0.25) is 0 Å². The second-order valence-electron chi connectivity index (χ2n) is 4.96. The average Bonchev–Trinajstić information content (AvgIpc) is 2.25. The lowest BCUT2D eigenvalue weighted by molar-refractivity contribution is 0.0744. The minimum absolute atomic E-state index is 0.250. The van der Waals surface area contributed by atoms with Gasteiger partial charge in [0.15, 0.2) is 0 Å². The number of halogens is 4. The van der Waals surface area contributed by atoms with Gasteiger partial charge in [-0.25, -0.2) is 0 Å². The Morgan fingerprint density at radius 1 is 1.11 bits per heavy atom. The summed E-state index contributed by atoms with van der Waals surface area (Å²) in [5.74, 6) is -6.70. The summed E-state index contributed by atoms with van der Waals surface area (Å²) in [4.78, 5) is 2.42. The number of hydrogen-bond donors (Lipinski definition) is 2. The molecule has 0 spiro atoms. The first-order chi connectivity index (χ1) is 8.14. The van der Waals surface area contributed by atoms with Gasteiger partial charge in [-0.3, -0.25) is 0 Å². The first kappa shape index (κ1) is 14.7. The van der Waals surface area contributed by atoms with Crippen molar-refractivity contribution < 1.29 is 22.7 Å². The monoisotopic (exact) mass is 266 g/mol. The lowest BCUT2D eigenvalue weighted by Crippen LogP contribution is -2.33. The zero-order chi connectivity index (χ0) is 14.1. The van der Waals surface area contributed by atoms with Gasteiger partial charge in [-0.15, -0.1) is 0 Å². The van der Waals surface area contributed by atoms with E-state index in [-0.39, 0.29) is 6.54 Å². The highest BCUT2D eigenvalue weighted by molar-refractivity contribution is 5.45. The summed E-state index contributed by atoms with van der Waals surface area (Å²) in [5.41, 5.74) is -1.51. The van der Waals surface area contributed by atoms with E-state index in [1.54, 1.807) is 20.8 Å². The van der Waals surface area contributed by atoms with E-state index in [9.17, 15) is 22.7 Å². The first-order valence-electron chi connectivity index (χ1n) is 5.26. The quantitative estimate of drug-likeness (QED) is 0.652. The van der Waals surface area contributed by atoms with Crippen LogP contribution in [0.5, 0.6) is 0 Å². The molecule has 102 valence electrons. The van der Waals surface area contributed by atoms with Crippen LogP contribution < -0.4 is 5.32 Å². The molecule has 3 nitrogen and oxygen atoms in total. The van der Waals surface area contributed by atoms with Gasteiger partial charge in [0.25, 0.3) is 11.9 Å². The molecule has 1 unspecified atom stereocenters. The normalized spacial score (nSPS) is 13.6. The Kier molecular flexibility index (Phi) is 4.16. The summed E-state index contributed by atoms with van der Waals surface area (Å²) in [6, 6.07) is 0. The van der Waals surface area contributed by atoms with Crippen LogP contribution in [0.1, 0.15) is 20.8 Å². The fourth-order valence-electron chi connectivity index (χ4n) is 1.15. The van der Waals surface area contributed by atoms with Crippen molar-refractivity contribution in [3.8, 4) is 0 Å². The molecule has 0 amide bonds. The molecule has 1 aromatic heterocycles. The molecule has 0 fully saturated rings. The minimum Gasteiger partial charge on any atom is -0.391 e. The van der Waals surface area contributed by atoms with Gasteiger partial charge < -0.3 is 10.4 Å².